The first kappa shape index (κ1) is 14.1. The van der Waals surface area contributed by atoms with Crippen molar-refractivity contribution in [3.63, 3.8) is 0 Å². The number of fused-ring (bicyclic) bond motifs is 3. The highest BCUT2D eigenvalue weighted by Gasteiger charge is 2.15. The van der Waals surface area contributed by atoms with E-state index in [1.807, 2.05) is 29.6 Å². The van der Waals surface area contributed by atoms with Crippen LogP contribution in [0.2, 0.25) is 0 Å². The summed E-state index contributed by atoms with van der Waals surface area (Å²) in [6.07, 6.45) is 0. The molecule has 5 rings (SSSR count). The summed E-state index contributed by atoms with van der Waals surface area (Å²) < 4.78 is 8.60. The van der Waals surface area contributed by atoms with Gasteiger partial charge in [-0.15, -0.1) is 21.5 Å². The Morgan fingerprint density at radius 2 is 2.08 bits per heavy atom. The van der Waals surface area contributed by atoms with E-state index in [-0.39, 0.29) is 0 Å². The van der Waals surface area contributed by atoms with E-state index >= 15 is 0 Å². The van der Waals surface area contributed by atoms with Crippen LogP contribution in [0.15, 0.2) is 51.5 Å². The first-order chi connectivity index (χ1) is 11.9. The molecule has 0 atom stereocenters. The maximum Gasteiger partial charge on any atom is 0.237 e. The maximum absolute atomic E-state index is 5.34. The zero-order valence-corrected chi connectivity index (χ0v) is 14.6. The summed E-state index contributed by atoms with van der Waals surface area (Å²) in [7, 11) is 0. The van der Waals surface area contributed by atoms with E-state index in [1.54, 1.807) is 34.4 Å². The van der Waals surface area contributed by atoms with Gasteiger partial charge in [-0.05, 0) is 23.6 Å². The van der Waals surface area contributed by atoms with Crippen LogP contribution in [0, 0.1) is 0 Å². The highest BCUT2D eigenvalue weighted by molar-refractivity contribution is 7.98. The van der Waals surface area contributed by atoms with E-state index in [9.17, 15) is 0 Å². The molecule has 1 aromatic carbocycles. The van der Waals surface area contributed by atoms with E-state index in [2.05, 4.69) is 36.9 Å². The first-order valence-electron chi connectivity index (χ1n) is 7.10. The van der Waals surface area contributed by atoms with E-state index in [0.29, 0.717) is 17.5 Å². The normalized spacial score (nSPS) is 11.7. The van der Waals surface area contributed by atoms with Gasteiger partial charge in [0.2, 0.25) is 16.7 Å². The molecule has 0 fully saturated rings. The van der Waals surface area contributed by atoms with Crippen molar-refractivity contribution >= 4 is 49.6 Å². The third-order valence-electron chi connectivity index (χ3n) is 3.45. The Bertz CT molecular complexity index is 1120. The van der Waals surface area contributed by atoms with Gasteiger partial charge >= 0.3 is 0 Å². The molecule has 118 valence electrons. The predicted octanol–water partition coefficient (Wildman–Crippen LogP) is 4.35. The average molecular weight is 371 g/mol. The van der Waals surface area contributed by atoms with Crippen LogP contribution in [0.25, 0.3) is 25.9 Å². The molecule has 0 saturated carbocycles. The van der Waals surface area contributed by atoms with Crippen molar-refractivity contribution in [3.8, 4) is 10.7 Å². The van der Waals surface area contributed by atoms with Crippen LogP contribution in [0.4, 0.5) is 0 Å². The molecule has 6 nitrogen and oxygen atoms in total. The summed E-state index contributed by atoms with van der Waals surface area (Å²) in [6.45, 7) is 0. The molecule has 0 radical (unpaired) electrons. The SMILES string of the molecule is c1csc(-c2noc(CSc3nnc4sc5ccccc5n34)n2)c1. The fraction of sp³-hybridized carbons (Fsp3) is 0.0667. The minimum atomic E-state index is 0.559. The lowest BCUT2D eigenvalue weighted by Gasteiger charge is -1.96. The Labute approximate surface area is 148 Å². The molecule has 0 spiro atoms. The smallest absolute Gasteiger partial charge is 0.237 e. The summed E-state index contributed by atoms with van der Waals surface area (Å²) in [6, 6.07) is 12.2. The molecular weight excluding hydrogens is 362 g/mol. The second kappa shape index (κ2) is 5.69. The van der Waals surface area contributed by atoms with Gasteiger partial charge in [0.05, 0.1) is 20.8 Å². The van der Waals surface area contributed by atoms with Crippen LogP contribution in [0.3, 0.4) is 0 Å². The first-order valence-corrected chi connectivity index (χ1v) is 9.78. The van der Waals surface area contributed by atoms with Gasteiger partial charge in [-0.3, -0.25) is 4.40 Å². The standard InChI is InChI=1S/C15H9N5OS3/c1-2-5-10-9(4-1)20-14(17-18-15(20)24-10)23-8-12-16-13(19-21-12)11-6-3-7-22-11/h1-7H,8H2. The fourth-order valence-electron chi connectivity index (χ4n) is 2.39. The van der Waals surface area contributed by atoms with E-state index in [1.165, 1.54) is 4.70 Å². The maximum atomic E-state index is 5.34. The van der Waals surface area contributed by atoms with Crippen LogP contribution in [0.1, 0.15) is 5.89 Å². The Morgan fingerprint density at radius 3 is 3.00 bits per heavy atom. The minimum Gasteiger partial charge on any atom is -0.338 e. The fourth-order valence-corrected chi connectivity index (χ4v) is 4.85. The molecule has 4 heterocycles. The van der Waals surface area contributed by atoms with E-state index in [0.717, 1.165) is 20.5 Å². The highest BCUT2D eigenvalue weighted by Crippen LogP contribution is 2.31. The number of thiophene rings is 1. The Morgan fingerprint density at radius 1 is 1.12 bits per heavy atom. The van der Waals surface area contributed by atoms with Crippen LogP contribution in [-0.4, -0.2) is 24.7 Å². The van der Waals surface area contributed by atoms with Gasteiger partial charge in [-0.2, -0.15) is 4.98 Å². The molecule has 0 aliphatic heterocycles. The number of para-hydroxylation sites is 1. The minimum absolute atomic E-state index is 0.559. The zero-order valence-electron chi connectivity index (χ0n) is 12.1. The number of thiazole rings is 1. The molecule has 0 aliphatic carbocycles. The molecule has 4 aromatic heterocycles. The summed E-state index contributed by atoms with van der Waals surface area (Å²) in [5, 5.41) is 15.4. The molecule has 0 saturated heterocycles. The van der Waals surface area contributed by atoms with Gasteiger partial charge < -0.3 is 4.52 Å². The number of benzene rings is 1. The number of rotatable bonds is 4. The summed E-state index contributed by atoms with van der Waals surface area (Å²) in [5.74, 6) is 1.77. The van der Waals surface area contributed by atoms with Gasteiger partial charge in [0.1, 0.15) is 0 Å². The van der Waals surface area contributed by atoms with Gasteiger partial charge in [0.25, 0.3) is 0 Å². The van der Waals surface area contributed by atoms with Crippen LogP contribution in [-0.2, 0) is 5.75 Å². The monoisotopic (exact) mass is 371 g/mol. The Kier molecular flexibility index (Phi) is 3.35. The summed E-state index contributed by atoms with van der Waals surface area (Å²) in [4.78, 5) is 6.33. The van der Waals surface area contributed by atoms with Gasteiger partial charge in [0, 0.05) is 0 Å². The van der Waals surface area contributed by atoms with Crippen molar-refractivity contribution in [2.45, 2.75) is 10.9 Å². The van der Waals surface area contributed by atoms with Gasteiger partial charge in [-0.25, -0.2) is 0 Å². The van der Waals surface area contributed by atoms with E-state index < -0.39 is 0 Å². The zero-order chi connectivity index (χ0) is 15.9. The van der Waals surface area contributed by atoms with Gasteiger partial charge in [-0.1, -0.05) is 46.5 Å². The summed E-state index contributed by atoms with van der Waals surface area (Å²) >= 11 is 4.77. The van der Waals surface area contributed by atoms with Crippen molar-refractivity contribution in [2.75, 3.05) is 0 Å². The summed E-state index contributed by atoms with van der Waals surface area (Å²) in [5.41, 5.74) is 1.12. The van der Waals surface area contributed by atoms with Crippen LogP contribution < -0.4 is 0 Å². The molecular formula is C15H9N5OS3. The van der Waals surface area contributed by atoms with Crippen molar-refractivity contribution < 1.29 is 4.52 Å². The van der Waals surface area contributed by atoms with Crippen molar-refractivity contribution in [3.05, 3.63) is 47.7 Å². The highest BCUT2D eigenvalue weighted by atomic mass is 32.2. The number of aromatic nitrogens is 5. The van der Waals surface area contributed by atoms with Crippen LogP contribution in [0.5, 0.6) is 0 Å². The number of hydrogen-bond acceptors (Lipinski definition) is 8. The molecule has 0 amide bonds. The molecule has 0 N–H and O–H groups in total. The lowest BCUT2D eigenvalue weighted by atomic mass is 10.3. The average Bonchev–Trinajstić information content (AvgIpc) is 3.36. The lowest BCUT2D eigenvalue weighted by Crippen LogP contribution is -1.87. The Balaban J connectivity index is 1.43. The third kappa shape index (κ3) is 2.32. The van der Waals surface area contributed by atoms with E-state index in [4.69, 9.17) is 4.52 Å². The third-order valence-corrected chi connectivity index (χ3v) is 6.24. The predicted molar refractivity (Wildman–Crippen MR) is 95.5 cm³/mol. The quantitative estimate of drug-likeness (QED) is 0.438. The topological polar surface area (TPSA) is 69.1 Å². The second-order valence-corrected chi connectivity index (χ2v) is 7.85. The number of thioether (sulfide) groups is 1. The van der Waals surface area contributed by atoms with Crippen molar-refractivity contribution in [1.29, 1.82) is 0 Å². The Hall–Kier alpha value is -2.23. The number of hydrogen-bond donors (Lipinski definition) is 0. The largest absolute Gasteiger partial charge is 0.338 e. The van der Waals surface area contributed by atoms with Crippen LogP contribution >= 0.6 is 34.4 Å². The molecule has 0 aliphatic rings. The van der Waals surface area contributed by atoms with Crippen molar-refractivity contribution in [2.24, 2.45) is 0 Å². The molecule has 0 unspecified atom stereocenters. The van der Waals surface area contributed by atoms with Gasteiger partial charge in [0.15, 0.2) is 5.16 Å². The second-order valence-electron chi connectivity index (χ2n) is 4.95. The number of nitrogens with zero attached hydrogens (tertiary/aromatic N) is 5. The molecule has 24 heavy (non-hydrogen) atoms. The lowest BCUT2D eigenvalue weighted by molar-refractivity contribution is 0.391. The molecule has 9 heteroatoms. The van der Waals surface area contributed by atoms with Crippen molar-refractivity contribution in [1.82, 2.24) is 24.7 Å². The molecule has 0 bridgehead atoms. The molecule has 5 aromatic rings.